The predicted molar refractivity (Wildman–Crippen MR) is 112 cm³/mol. The van der Waals surface area contributed by atoms with Gasteiger partial charge in [-0.25, -0.2) is 0 Å². The van der Waals surface area contributed by atoms with Crippen LogP contribution in [0.4, 0.5) is 0 Å². The van der Waals surface area contributed by atoms with E-state index in [0.717, 1.165) is 11.1 Å². The lowest BCUT2D eigenvalue weighted by Gasteiger charge is -2.29. The Morgan fingerprint density at radius 3 is 2.81 bits per heavy atom. The van der Waals surface area contributed by atoms with E-state index in [9.17, 15) is 24.3 Å². The molecule has 3 N–H and O–H groups in total. The molecule has 0 aliphatic carbocycles. The van der Waals surface area contributed by atoms with Gasteiger partial charge in [0.05, 0.1) is 0 Å². The number of hydrogen-bond donors (Lipinski definition) is 3. The Hall–Kier alpha value is -4.14. The van der Waals surface area contributed by atoms with Crippen molar-refractivity contribution >= 4 is 34.6 Å². The lowest BCUT2D eigenvalue weighted by atomic mass is 10.0. The molecule has 5 rings (SSSR count). The maximum Gasteiger partial charge on any atom is 0.287 e. The van der Waals surface area contributed by atoms with Crippen LogP contribution in [0.25, 0.3) is 11.0 Å². The van der Waals surface area contributed by atoms with Gasteiger partial charge in [-0.2, -0.15) is 0 Å². The second-order valence-corrected chi connectivity index (χ2v) is 7.91. The van der Waals surface area contributed by atoms with Gasteiger partial charge in [0.15, 0.2) is 5.76 Å². The molecule has 3 aromatic rings. The highest BCUT2D eigenvalue weighted by Gasteiger charge is 2.39. The number of benzene rings is 2. The van der Waals surface area contributed by atoms with Crippen LogP contribution in [0.3, 0.4) is 0 Å². The van der Waals surface area contributed by atoms with Crippen molar-refractivity contribution in [2.24, 2.45) is 0 Å². The lowest BCUT2D eigenvalue weighted by Crippen LogP contribution is -2.52. The van der Waals surface area contributed by atoms with Crippen LogP contribution in [0.5, 0.6) is 5.75 Å². The van der Waals surface area contributed by atoms with Gasteiger partial charge in [0.1, 0.15) is 17.4 Å². The third-order valence-corrected chi connectivity index (χ3v) is 5.76. The molecule has 0 saturated carbocycles. The van der Waals surface area contributed by atoms with E-state index in [1.807, 2.05) is 6.07 Å². The van der Waals surface area contributed by atoms with E-state index < -0.39 is 17.9 Å². The smallest absolute Gasteiger partial charge is 0.287 e. The van der Waals surface area contributed by atoms with E-state index in [-0.39, 0.29) is 42.8 Å². The number of phenolic OH excluding ortho intramolecular Hbond substituents is 1. The molecule has 1 atom stereocenters. The quantitative estimate of drug-likeness (QED) is 0.539. The zero-order valence-electron chi connectivity index (χ0n) is 16.9. The van der Waals surface area contributed by atoms with Gasteiger partial charge in [0.2, 0.25) is 11.8 Å². The Morgan fingerprint density at radius 2 is 2.00 bits per heavy atom. The average Bonchev–Trinajstić information content (AvgIpc) is 3.33. The molecule has 0 radical (unpaired) electrons. The van der Waals surface area contributed by atoms with Crippen molar-refractivity contribution in [3.8, 4) is 5.75 Å². The van der Waals surface area contributed by atoms with Crippen molar-refractivity contribution in [1.82, 2.24) is 15.5 Å². The fraction of sp³-hybridized carbons (Fsp3) is 0.217. The highest BCUT2D eigenvalue weighted by molar-refractivity contribution is 6.05. The summed E-state index contributed by atoms with van der Waals surface area (Å²) in [5.41, 5.74) is 2.58. The number of rotatable bonds is 4. The number of piperidine rings is 1. The van der Waals surface area contributed by atoms with Gasteiger partial charge in [-0.1, -0.05) is 12.1 Å². The Morgan fingerprint density at radius 1 is 1.16 bits per heavy atom. The Labute approximate surface area is 182 Å². The molecular weight excluding hydrogens is 414 g/mol. The Balaban J connectivity index is 1.27. The summed E-state index contributed by atoms with van der Waals surface area (Å²) in [6, 6.07) is 10.8. The van der Waals surface area contributed by atoms with Gasteiger partial charge in [0.25, 0.3) is 11.8 Å². The number of aromatic hydroxyl groups is 1. The van der Waals surface area contributed by atoms with E-state index >= 15 is 0 Å². The number of nitrogens with zero attached hydrogens (tertiary/aromatic N) is 1. The number of nitrogens with one attached hydrogen (secondary N) is 2. The number of imide groups is 1. The summed E-state index contributed by atoms with van der Waals surface area (Å²) >= 11 is 0. The first kappa shape index (κ1) is 19.8. The third-order valence-electron chi connectivity index (χ3n) is 5.76. The van der Waals surface area contributed by atoms with Crippen LogP contribution in [-0.4, -0.2) is 39.7 Å². The molecule has 0 bridgehead atoms. The number of carbonyl (C=O) groups excluding carboxylic acids is 4. The maximum absolute atomic E-state index is 12.8. The maximum atomic E-state index is 12.8. The lowest BCUT2D eigenvalue weighted by molar-refractivity contribution is -0.136. The zero-order valence-corrected chi connectivity index (χ0v) is 16.9. The van der Waals surface area contributed by atoms with E-state index in [0.29, 0.717) is 23.0 Å². The molecule has 2 aliphatic rings. The summed E-state index contributed by atoms with van der Waals surface area (Å²) in [6.45, 7) is 0.496. The summed E-state index contributed by atoms with van der Waals surface area (Å²) in [7, 11) is 0. The van der Waals surface area contributed by atoms with Crippen LogP contribution in [-0.2, 0) is 22.7 Å². The molecule has 162 valence electrons. The molecule has 9 heteroatoms. The van der Waals surface area contributed by atoms with Crippen molar-refractivity contribution < 1.29 is 28.7 Å². The molecule has 0 spiro atoms. The predicted octanol–water partition coefficient (Wildman–Crippen LogP) is 1.83. The van der Waals surface area contributed by atoms with E-state index in [1.54, 1.807) is 24.3 Å². The minimum atomic E-state index is -0.664. The number of hydrogen-bond acceptors (Lipinski definition) is 6. The SMILES string of the molecule is O=C1CCC(N2Cc3cc(CNC(=O)c4cc5cc(O)ccc5o4)ccc3C2=O)C(=O)N1. The molecule has 1 unspecified atom stereocenters. The minimum absolute atomic E-state index is 0.0873. The van der Waals surface area contributed by atoms with Gasteiger partial charge < -0.3 is 19.7 Å². The van der Waals surface area contributed by atoms with E-state index in [4.69, 9.17) is 4.42 Å². The highest BCUT2D eigenvalue weighted by Crippen LogP contribution is 2.28. The Kier molecular flexibility index (Phi) is 4.66. The molecule has 1 aromatic heterocycles. The topological polar surface area (TPSA) is 129 Å². The number of furan rings is 1. The van der Waals surface area contributed by atoms with Crippen LogP contribution >= 0.6 is 0 Å². The number of fused-ring (bicyclic) bond motifs is 2. The first-order valence-corrected chi connectivity index (χ1v) is 10.2. The van der Waals surface area contributed by atoms with E-state index in [1.165, 1.54) is 17.0 Å². The highest BCUT2D eigenvalue weighted by atomic mass is 16.3. The van der Waals surface area contributed by atoms with Crippen LogP contribution < -0.4 is 10.6 Å². The van der Waals surface area contributed by atoms with Crippen molar-refractivity contribution in [3.63, 3.8) is 0 Å². The van der Waals surface area contributed by atoms with Crippen molar-refractivity contribution in [1.29, 1.82) is 0 Å². The van der Waals surface area contributed by atoms with Gasteiger partial charge in [-0.05, 0) is 47.9 Å². The molecule has 32 heavy (non-hydrogen) atoms. The van der Waals surface area contributed by atoms with Gasteiger partial charge >= 0.3 is 0 Å². The van der Waals surface area contributed by atoms with Crippen LogP contribution in [0.1, 0.15) is 44.9 Å². The van der Waals surface area contributed by atoms with Crippen LogP contribution in [0.15, 0.2) is 46.9 Å². The van der Waals surface area contributed by atoms with Gasteiger partial charge in [-0.3, -0.25) is 24.5 Å². The summed E-state index contributed by atoms with van der Waals surface area (Å²) in [5, 5.41) is 15.2. The molecule has 2 aromatic carbocycles. The number of phenols is 1. The summed E-state index contributed by atoms with van der Waals surface area (Å²) in [4.78, 5) is 50.3. The van der Waals surface area contributed by atoms with Gasteiger partial charge in [0, 0.05) is 30.5 Å². The molecule has 9 nitrogen and oxygen atoms in total. The van der Waals surface area contributed by atoms with Crippen molar-refractivity contribution in [2.75, 3.05) is 0 Å². The van der Waals surface area contributed by atoms with Crippen molar-refractivity contribution in [2.45, 2.75) is 32.0 Å². The Bertz CT molecular complexity index is 1290. The first-order chi connectivity index (χ1) is 15.4. The van der Waals surface area contributed by atoms with Crippen LogP contribution in [0, 0.1) is 0 Å². The second kappa shape index (κ2) is 7.52. The third kappa shape index (κ3) is 3.47. The minimum Gasteiger partial charge on any atom is -0.508 e. The number of amides is 4. The fourth-order valence-corrected chi connectivity index (χ4v) is 4.15. The standard InChI is InChI=1S/C23H19N3O6/c27-15-2-5-18-13(8-15)9-19(32-18)22(30)24-10-12-1-3-16-14(7-12)11-26(23(16)31)17-4-6-20(28)25-21(17)29/h1-3,5,7-9,17,27H,4,6,10-11H2,(H,24,30)(H,25,28,29). The largest absolute Gasteiger partial charge is 0.508 e. The molecule has 1 fully saturated rings. The van der Waals surface area contributed by atoms with Gasteiger partial charge in [-0.15, -0.1) is 0 Å². The second-order valence-electron chi connectivity index (χ2n) is 7.91. The molecule has 4 amide bonds. The summed E-state index contributed by atoms with van der Waals surface area (Å²) in [6.07, 6.45) is 0.512. The molecule has 2 aliphatic heterocycles. The molecular formula is C23H19N3O6. The first-order valence-electron chi connectivity index (χ1n) is 10.2. The molecule has 1 saturated heterocycles. The summed E-state index contributed by atoms with van der Waals surface area (Å²) < 4.78 is 5.52. The monoisotopic (exact) mass is 433 g/mol. The van der Waals surface area contributed by atoms with Crippen LogP contribution in [0.2, 0.25) is 0 Å². The van der Waals surface area contributed by atoms with Crippen molar-refractivity contribution in [3.05, 3.63) is 64.9 Å². The average molecular weight is 433 g/mol. The normalized spacial score (nSPS) is 18.1. The van der Waals surface area contributed by atoms with E-state index in [2.05, 4.69) is 10.6 Å². The molecule has 3 heterocycles. The zero-order chi connectivity index (χ0) is 22.4. The summed E-state index contributed by atoms with van der Waals surface area (Å²) in [5.74, 6) is -1.20. The fourth-order valence-electron chi connectivity index (χ4n) is 4.15. The number of carbonyl (C=O) groups is 4.